The summed E-state index contributed by atoms with van der Waals surface area (Å²) in [4.78, 5) is 14.9. The molecular formula is C15H8F2N4. The number of aromatic amines is 1. The van der Waals surface area contributed by atoms with Gasteiger partial charge in [0.15, 0.2) is 5.82 Å². The van der Waals surface area contributed by atoms with Crippen molar-refractivity contribution in [1.29, 1.82) is 0 Å². The Morgan fingerprint density at radius 2 is 1.86 bits per heavy atom. The van der Waals surface area contributed by atoms with Crippen LogP contribution >= 0.6 is 0 Å². The van der Waals surface area contributed by atoms with Crippen molar-refractivity contribution in [2.75, 3.05) is 0 Å². The van der Waals surface area contributed by atoms with Gasteiger partial charge in [0.05, 0.1) is 11.2 Å². The number of pyridine rings is 3. The highest BCUT2D eigenvalue weighted by Crippen LogP contribution is 2.27. The van der Waals surface area contributed by atoms with E-state index in [0.717, 1.165) is 16.3 Å². The van der Waals surface area contributed by atoms with Gasteiger partial charge in [0.1, 0.15) is 5.65 Å². The molecule has 4 aromatic heterocycles. The minimum atomic E-state index is -1.13. The number of aromatic nitrogens is 4. The highest BCUT2D eigenvalue weighted by Gasteiger charge is 2.13. The number of H-pyrrole nitrogens is 1. The maximum absolute atomic E-state index is 13.8. The zero-order valence-corrected chi connectivity index (χ0v) is 10.6. The van der Waals surface area contributed by atoms with E-state index in [-0.39, 0.29) is 5.56 Å². The summed E-state index contributed by atoms with van der Waals surface area (Å²) in [6.45, 7) is 0. The average molecular weight is 282 g/mol. The normalized spacial score (nSPS) is 11.3. The summed E-state index contributed by atoms with van der Waals surface area (Å²) >= 11 is 0. The molecule has 0 unspecified atom stereocenters. The first kappa shape index (κ1) is 11.9. The number of nitrogens with zero attached hydrogens (tertiary/aromatic N) is 3. The standard InChI is InChI=1S/C15H8F2N4/c16-13-9(3-6-19-14(13)17)11-2-1-8-10-7-18-5-4-12(10)21-15(8)20-11/h1-7H,(H,20,21). The van der Waals surface area contributed by atoms with E-state index in [1.54, 1.807) is 18.5 Å². The third-order valence-corrected chi connectivity index (χ3v) is 3.38. The van der Waals surface area contributed by atoms with Crippen LogP contribution in [-0.2, 0) is 0 Å². The van der Waals surface area contributed by atoms with Crippen LogP contribution in [0.15, 0.2) is 42.9 Å². The van der Waals surface area contributed by atoms with Crippen molar-refractivity contribution in [2.45, 2.75) is 0 Å². The molecule has 1 N–H and O–H groups in total. The van der Waals surface area contributed by atoms with E-state index in [4.69, 9.17) is 0 Å². The van der Waals surface area contributed by atoms with Crippen molar-refractivity contribution in [2.24, 2.45) is 0 Å². The van der Waals surface area contributed by atoms with E-state index in [1.807, 2.05) is 12.1 Å². The number of hydrogen-bond donors (Lipinski definition) is 1. The van der Waals surface area contributed by atoms with E-state index in [9.17, 15) is 8.78 Å². The van der Waals surface area contributed by atoms with Gasteiger partial charge in [-0.1, -0.05) is 0 Å². The zero-order valence-electron chi connectivity index (χ0n) is 10.6. The van der Waals surface area contributed by atoms with Crippen molar-refractivity contribution in [3.05, 3.63) is 54.6 Å². The first-order valence-corrected chi connectivity index (χ1v) is 6.27. The van der Waals surface area contributed by atoms with E-state index in [2.05, 4.69) is 19.9 Å². The summed E-state index contributed by atoms with van der Waals surface area (Å²) in [6.07, 6.45) is 4.63. The monoisotopic (exact) mass is 282 g/mol. The number of halogens is 2. The summed E-state index contributed by atoms with van der Waals surface area (Å²) in [5.41, 5.74) is 1.93. The van der Waals surface area contributed by atoms with Crippen LogP contribution in [0.25, 0.3) is 33.2 Å². The molecule has 102 valence electrons. The van der Waals surface area contributed by atoms with E-state index in [1.165, 1.54) is 12.3 Å². The fraction of sp³-hybridized carbons (Fsp3) is 0. The van der Waals surface area contributed by atoms with Crippen LogP contribution in [0, 0.1) is 11.8 Å². The molecule has 4 nitrogen and oxygen atoms in total. The lowest BCUT2D eigenvalue weighted by atomic mass is 10.1. The molecular weight excluding hydrogens is 274 g/mol. The third-order valence-electron chi connectivity index (χ3n) is 3.38. The highest BCUT2D eigenvalue weighted by atomic mass is 19.2. The molecule has 0 aromatic carbocycles. The van der Waals surface area contributed by atoms with Gasteiger partial charge in [0.2, 0.25) is 5.95 Å². The Balaban J connectivity index is 1.99. The lowest BCUT2D eigenvalue weighted by Crippen LogP contribution is -1.94. The first-order valence-electron chi connectivity index (χ1n) is 6.27. The lowest BCUT2D eigenvalue weighted by Gasteiger charge is -2.02. The van der Waals surface area contributed by atoms with Gasteiger partial charge in [0.25, 0.3) is 0 Å². The Morgan fingerprint density at radius 3 is 2.76 bits per heavy atom. The van der Waals surface area contributed by atoms with Crippen LogP contribution in [-0.4, -0.2) is 19.9 Å². The number of nitrogens with one attached hydrogen (secondary N) is 1. The maximum atomic E-state index is 13.8. The Morgan fingerprint density at radius 1 is 0.952 bits per heavy atom. The van der Waals surface area contributed by atoms with Crippen LogP contribution in [0.5, 0.6) is 0 Å². The zero-order chi connectivity index (χ0) is 14.4. The van der Waals surface area contributed by atoms with Crippen molar-refractivity contribution < 1.29 is 8.78 Å². The van der Waals surface area contributed by atoms with Gasteiger partial charge in [-0.05, 0) is 24.3 Å². The molecule has 21 heavy (non-hydrogen) atoms. The van der Waals surface area contributed by atoms with Crippen molar-refractivity contribution in [1.82, 2.24) is 19.9 Å². The van der Waals surface area contributed by atoms with Crippen LogP contribution in [0.2, 0.25) is 0 Å². The molecule has 0 aliphatic carbocycles. The summed E-state index contributed by atoms with van der Waals surface area (Å²) in [7, 11) is 0. The second kappa shape index (κ2) is 4.31. The van der Waals surface area contributed by atoms with Gasteiger partial charge in [-0.2, -0.15) is 4.39 Å². The van der Waals surface area contributed by atoms with Crippen LogP contribution in [0.1, 0.15) is 0 Å². The van der Waals surface area contributed by atoms with Gasteiger partial charge < -0.3 is 4.98 Å². The SMILES string of the molecule is Fc1nccc(-c2ccc3c(n2)[nH]c2ccncc23)c1F. The summed E-state index contributed by atoms with van der Waals surface area (Å²) in [6, 6.07) is 6.70. The smallest absolute Gasteiger partial charge is 0.249 e. The number of rotatable bonds is 1. The Labute approximate surface area is 117 Å². The van der Waals surface area contributed by atoms with Crippen LogP contribution in [0.3, 0.4) is 0 Å². The Kier molecular flexibility index (Phi) is 2.44. The largest absolute Gasteiger partial charge is 0.339 e. The molecule has 0 saturated carbocycles. The summed E-state index contributed by atoms with van der Waals surface area (Å²) in [5.74, 6) is -2.13. The molecule has 4 rings (SSSR count). The predicted octanol–water partition coefficient (Wildman–Crippen LogP) is 3.45. The van der Waals surface area contributed by atoms with Crippen LogP contribution in [0.4, 0.5) is 8.78 Å². The third kappa shape index (κ3) is 1.76. The highest BCUT2D eigenvalue weighted by molar-refractivity contribution is 6.05. The first-order chi connectivity index (χ1) is 10.2. The van der Waals surface area contributed by atoms with Crippen molar-refractivity contribution in [3.63, 3.8) is 0 Å². The lowest BCUT2D eigenvalue weighted by molar-refractivity contribution is 0.481. The molecule has 0 bridgehead atoms. The fourth-order valence-electron chi connectivity index (χ4n) is 2.38. The van der Waals surface area contributed by atoms with Crippen LogP contribution < -0.4 is 0 Å². The van der Waals surface area contributed by atoms with E-state index < -0.39 is 11.8 Å². The molecule has 0 aliphatic rings. The summed E-state index contributed by atoms with van der Waals surface area (Å²) < 4.78 is 27.0. The molecule has 0 saturated heterocycles. The van der Waals surface area contributed by atoms with Gasteiger partial charge >= 0.3 is 0 Å². The molecule has 4 aromatic rings. The Bertz CT molecular complexity index is 978. The summed E-state index contributed by atoms with van der Waals surface area (Å²) in [5, 5.41) is 1.82. The topological polar surface area (TPSA) is 54.5 Å². The van der Waals surface area contributed by atoms with Crippen molar-refractivity contribution in [3.8, 4) is 11.3 Å². The second-order valence-electron chi connectivity index (χ2n) is 4.60. The van der Waals surface area contributed by atoms with Gasteiger partial charge in [-0.15, -0.1) is 0 Å². The average Bonchev–Trinajstić information content (AvgIpc) is 2.87. The molecule has 6 heteroatoms. The molecule has 0 aliphatic heterocycles. The molecule has 0 amide bonds. The minimum absolute atomic E-state index is 0.0844. The maximum Gasteiger partial charge on any atom is 0.249 e. The Hall–Kier alpha value is -2.89. The molecule has 4 heterocycles. The van der Waals surface area contributed by atoms with Gasteiger partial charge in [-0.25, -0.2) is 14.4 Å². The van der Waals surface area contributed by atoms with Crippen molar-refractivity contribution >= 4 is 21.9 Å². The van der Waals surface area contributed by atoms with Gasteiger partial charge in [-0.3, -0.25) is 4.98 Å². The molecule has 0 radical (unpaired) electrons. The number of hydrogen-bond acceptors (Lipinski definition) is 3. The minimum Gasteiger partial charge on any atom is -0.339 e. The molecule has 0 atom stereocenters. The van der Waals surface area contributed by atoms with E-state index in [0.29, 0.717) is 11.3 Å². The second-order valence-corrected chi connectivity index (χ2v) is 4.60. The predicted molar refractivity (Wildman–Crippen MR) is 74.5 cm³/mol. The quantitative estimate of drug-likeness (QED) is 0.544. The van der Waals surface area contributed by atoms with Gasteiger partial charge in [0, 0.05) is 34.9 Å². The fourth-order valence-corrected chi connectivity index (χ4v) is 2.38. The number of fused-ring (bicyclic) bond motifs is 3. The molecule has 0 spiro atoms. The molecule has 0 fully saturated rings. The van der Waals surface area contributed by atoms with E-state index >= 15 is 0 Å².